The van der Waals surface area contributed by atoms with Gasteiger partial charge in [0.1, 0.15) is 0 Å². The van der Waals surface area contributed by atoms with Crippen LogP contribution in [-0.2, 0) is 9.47 Å². The Kier molecular flexibility index (Phi) is 8.64. The predicted molar refractivity (Wildman–Crippen MR) is 78.8 cm³/mol. The molecule has 3 N–H and O–H groups in total. The number of rotatable bonds is 11. The van der Waals surface area contributed by atoms with Gasteiger partial charge in [-0.2, -0.15) is 0 Å². The lowest BCUT2D eigenvalue weighted by Crippen LogP contribution is -2.37. The van der Waals surface area contributed by atoms with Crippen LogP contribution in [0.3, 0.4) is 0 Å². The van der Waals surface area contributed by atoms with Crippen LogP contribution in [0.1, 0.15) is 39.5 Å². The smallest absolute Gasteiger partial charge is 0.0897 e. The Morgan fingerprint density at radius 1 is 1.45 bits per heavy atom. The fourth-order valence-corrected chi connectivity index (χ4v) is 2.39. The van der Waals surface area contributed by atoms with Gasteiger partial charge in [-0.15, -0.1) is 0 Å². The topological polar surface area (TPSA) is 71.0 Å². The van der Waals surface area contributed by atoms with Crippen LogP contribution in [0.15, 0.2) is 0 Å². The molecule has 0 aromatic rings. The van der Waals surface area contributed by atoms with Crippen molar-refractivity contribution in [2.75, 3.05) is 39.5 Å². The fraction of sp³-hybridized carbons (Fsp3) is 1.00. The molecule has 0 aromatic heterocycles. The van der Waals surface area contributed by atoms with E-state index in [2.05, 4.69) is 19.2 Å². The van der Waals surface area contributed by atoms with Crippen molar-refractivity contribution in [2.45, 2.75) is 51.7 Å². The first-order valence-electron chi connectivity index (χ1n) is 7.72. The minimum absolute atomic E-state index is 0.140. The second kappa shape index (κ2) is 9.68. The second-order valence-electron chi connectivity index (χ2n) is 6.45. The molecule has 1 heterocycles. The summed E-state index contributed by atoms with van der Waals surface area (Å²) in [6, 6.07) is 0. The van der Waals surface area contributed by atoms with Gasteiger partial charge in [0, 0.05) is 26.3 Å². The molecule has 1 saturated heterocycles. The molecular weight excluding hydrogens is 258 g/mol. The quantitative estimate of drug-likeness (QED) is 0.528. The standard InChI is InChI=1S/C15H31NO4/c1-15(2,6-4-7-17)12-16-9-13(18)10-19-11-14-5-3-8-20-14/h13-14,16-18H,3-12H2,1-2H3. The third-order valence-electron chi connectivity index (χ3n) is 3.63. The van der Waals surface area contributed by atoms with Crippen LogP contribution < -0.4 is 5.32 Å². The van der Waals surface area contributed by atoms with Gasteiger partial charge in [-0.25, -0.2) is 0 Å². The Morgan fingerprint density at radius 2 is 2.25 bits per heavy atom. The molecule has 2 atom stereocenters. The van der Waals surface area contributed by atoms with Crippen LogP contribution in [0.4, 0.5) is 0 Å². The van der Waals surface area contributed by atoms with Gasteiger partial charge in [0.05, 0.1) is 25.4 Å². The number of hydrogen-bond donors (Lipinski definition) is 3. The third kappa shape index (κ3) is 8.17. The number of nitrogens with one attached hydrogen (secondary N) is 1. The highest BCUT2D eigenvalue weighted by molar-refractivity contribution is 4.72. The first kappa shape index (κ1) is 17.9. The molecule has 0 spiro atoms. The van der Waals surface area contributed by atoms with Gasteiger partial charge in [0.25, 0.3) is 0 Å². The van der Waals surface area contributed by atoms with Gasteiger partial charge in [0.2, 0.25) is 0 Å². The van der Waals surface area contributed by atoms with Crippen LogP contribution in [0, 0.1) is 5.41 Å². The van der Waals surface area contributed by atoms with E-state index < -0.39 is 6.10 Å². The van der Waals surface area contributed by atoms with E-state index in [4.69, 9.17) is 14.6 Å². The number of hydrogen-bond acceptors (Lipinski definition) is 5. The minimum atomic E-state index is -0.481. The zero-order chi connectivity index (χ0) is 14.8. The van der Waals surface area contributed by atoms with E-state index in [9.17, 15) is 5.11 Å². The Hall–Kier alpha value is -0.200. The van der Waals surface area contributed by atoms with Gasteiger partial charge in [-0.1, -0.05) is 13.8 Å². The maximum Gasteiger partial charge on any atom is 0.0897 e. The van der Waals surface area contributed by atoms with Crippen LogP contribution in [0.25, 0.3) is 0 Å². The highest BCUT2D eigenvalue weighted by Gasteiger charge is 2.18. The maximum absolute atomic E-state index is 9.83. The van der Waals surface area contributed by atoms with Gasteiger partial charge >= 0.3 is 0 Å². The van der Waals surface area contributed by atoms with Crippen LogP contribution in [0.2, 0.25) is 0 Å². The van der Waals surface area contributed by atoms with E-state index in [1.54, 1.807) is 0 Å². The summed E-state index contributed by atoms with van der Waals surface area (Å²) in [6.45, 7) is 7.70. The SMILES string of the molecule is CC(C)(CCCO)CNCC(O)COCC1CCCO1. The second-order valence-corrected chi connectivity index (χ2v) is 6.45. The van der Waals surface area contributed by atoms with E-state index in [0.29, 0.717) is 19.8 Å². The summed E-state index contributed by atoms with van der Waals surface area (Å²) < 4.78 is 10.9. The van der Waals surface area contributed by atoms with Crippen molar-refractivity contribution in [3.8, 4) is 0 Å². The van der Waals surface area contributed by atoms with Crippen LogP contribution in [-0.4, -0.2) is 61.9 Å². The molecule has 0 amide bonds. The summed E-state index contributed by atoms with van der Waals surface area (Å²) in [5.41, 5.74) is 0.140. The van der Waals surface area contributed by atoms with Crippen molar-refractivity contribution in [2.24, 2.45) is 5.41 Å². The van der Waals surface area contributed by atoms with E-state index >= 15 is 0 Å². The lowest BCUT2D eigenvalue weighted by Gasteiger charge is -2.25. The zero-order valence-electron chi connectivity index (χ0n) is 12.9. The molecule has 1 aliphatic rings. The van der Waals surface area contributed by atoms with Crippen LogP contribution in [0.5, 0.6) is 0 Å². The number of aliphatic hydroxyl groups excluding tert-OH is 2. The van der Waals surface area contributed by atoms with Crippen molar-refractivity contribution in [3.63, 3.8) is 0 Å². The highest BCUT2D eigenvalue weighted by atomic mass is 16.5. The molecule has 1 rings (SSSR count). The molecule has 20 heavy (non-hydrogen) atoms. The molecule has 5 heteroatoms. The molecule has 5 nitrogen and oxygen atoms in total. The first-order valence-corrected chi connectivity index (χ1v) is 7.72. The van der Waals surface area contributed by atoms with Gasteiger partial charge < -0.3 is 25.0 Å². The molecule has 0 bridgehead atoms. The molecule has 1 aliphatic heterocycles. The summed E-state index contributed by atoms with van der Waals surface area (Å²) in [5, 5.41) is 21.9. The zero-order valence-corrected chi connectivity index (χ0v) is 12.9. The summed E-state index contributed by atoms with van der Waals surface area (Å²) in [7, 11) is 0. The Morgan fingerprint density at radius 3 is 2.90 bits per heavy atom. The van der Waals surface area contributed by atoms with Crippen molar-refractivity contribution in [3.05, 3.63) is 0 Å². The summed E-state index contributed by atoms with van der Waals surface area (Å²) in [4.78, 5) is 0. The Bertz CT molecular complexity index is 242. The monoisotopic (exact) mass is 289 g/mol. The minimum Gasteiger partial charge on any atom is -0.396 e. The molecule has 0 aromatic carbocycles. The van der Waals surface area contributed by atoms with E-state index in [0.717, 1.165) is 38.8 Å². The van der Waals surface area contributed by atoms with Crippen molar-refractivity contribution >= 4 is 0 Å². The van der Waals surface area contributed by atoms with Crippen molar-refractivity contribution < 1.29 is 19.7 Å². The lowest BCUT2D eigenvalue weighted by atomic mass is 9.88. The third-order valence-corrected chi connectivity index (χ3v) is 3.63. The largest absolute Gasteiger partial charge is 0.396 e. The first-order chi connectivity index (χ1) is 9.53. The predicted octanol–water partition coefficient (Wildman–Crippen LogP) is 0.931. The maximum atomic E-state index is 9.83. The molecule has 0 radical (unpaired) electrons. The summed E-state index contributed by atoms with van der Waals surface area (Å²) in [5.74, 6) is 0. The van der Waals surface area contributed by atoms with Crippen LogP contribution >= 0.6 is 0 Å². The molecular formula is C15H31NO4. The Balaban J connectivity index is 1.99. The molecule has 1 fully saturated rings. The molecule has 0 aliphatic carbocycles. The molecule has 2 unspecified atom stereocenters. The highest BCUT2D eigenvalue weighted by Crippen LogP contribution is 2.20. The van der Waals surface area contributed by atoms with Gasteiger partial charge in [0.15, 0.2) is 0 Å². The number of ether oxygens (including phenoxy) is 2. The van der Waals surface area contributed by atoms with Gasteiger partial charge in [-0.3, -0.25) is 0 Å². The average molecular weight is 289 g/mol. The van der Waals surface area contributed by atoms with E-state index in [-0.39, 0.29) is 18.1 Å². The lowest BCUT2D eigenvalue weighted by molar-refractivity contribution is -0.0168. The number of aliphatic hydroxyl groups is 2. The van der Waals surface area contributed by atoms with Crippen molar-refractivity contribution in [1.82, 2.24) is 5.32 Å². The summed E-state index contributed by atoms with van der Waals surface area (Å²) >= 11 is 0. The molecule has 0 saturated carbocycles. The van der Waals surface area contributed by atoms with E-state index in [1.807, 2.05) is 0 Å². The summed E-state index contributed by atoms with van der Waals surface area (Å²) in [6.07, 6.45) is 3.70. The van der Waals surface area contributed by atoms with Crippen molar-refractivity contribution in [1.29, 1.82) is 0 Å². The normalized spacial score (nSPS) is 21.3. The molecule has 120 valence electrons. The van der Waals surface area contributed by atoms with Gasteiger partial charge in [-0.05, 0) is 31.1 Å². The fourth-order valence-electron chi connectivity index (χ4n) is 2.39. The Labute approximate surface area is 122 Å². The van der Waals surface area contributed by atoms with E-state index in [1.165, 1.54) is 0 Å². The average Bonchev–Trinajstić information content (AvgIpc) is 2.89.